The SMILES string of the molecule is O=C(O)c1cccc(-c2ccc(/C=C3\Sc4ccccc4C3=O)o2)c1. The van der Waals surface area contributed by atoms with Crippen LogP contribution in [0.2, 0.25) is 0 Å². The quantitative estimate of drug-likeness (QED) is 0.677. The van der Waals surface area contributed by atoms with Crippen molar-refractivity contribution < 1.29 is 19.1 Å². The first kappa shape index (κ1) is 15.5. The number of rotatable bonds is 3. The van der Waals surface area contributed by atoms with Crippen LogP contribution in [0, 0.1) is 0 Å². The van der Waals surface area contributed by atoms with Gasteiger partial charge in [0.2, 0.25) is 5.78 Å². The number of carbonyl (C=O) groups is 2. The maximum atomic E-state index is 12.4. The molecule has 0 aliphatic carbocycles. The van der Waals surface area contributed by atoms with Gasteiger partial charge in [-0.1, -0.05) is 36.0 Å². The van der Waals surface area contributed by atoms with Crippen LogP contribution < -0.4 is 0 Å². The lowest BCUT2D eigenvalue weighted by atomic mass is 10.1. The third-order valence-electron chi connectivity index (χ3n) is 3.87. The van der Waals surface area contributed by atoms with E-state index >= 15 is 0 Å². The van der Waals surface area contributed by atoms with Crippen LogP contribution in [-0.4, -0.2) is 16.9 Å². The van der Waals surface area contributed by atoms with Crippen molar-refractivity contribution in [3.05, 3.63) is 82.5 Å². The summed E-state index contributed by atoms with van der Waals surface area (Å²) in [5.74, 6) is 0.121. The number of fused-ring (bicyclic) bond motifs is 1. The summed E-state index contributed by atoms with van der Waals surface area (Å²) in [6, 6.07) is 17.6. The van der Waals surface area contributed by atoms with Crippen molar-refractivity contribution in [2.75, 3.05) is 0 Å². The van der Waals surface area contributed by atoms with Crippen LogP contribution in [0.3, 0.4) is 0 Å². The molecule has 0 amide bonds. The van der Waals surface area contributed by atoms with Gasteiger partial charge in [0.1, 0.15) is 11.5 Å². The first-order valence-electron chi connectivity index (χ1n) is 7.59. The Bertz CT molecular complexity index is 1030. The minimum atomic E-state index is -0.985. The molecule has 1 N–H and O–H groups in total. The van der Waals surface area contributed by atoms with Crippen molar-refractivity contribution >= 4 is 29.6 Å². The lowest BCUT2D eigenvalue weighted by Crippen LogP contribution is -1.95. The number of aromatic carboxylic acids is 1. The highest BCUT2D eigenvalue weighted by Crippen LogP contribution is 2.40. The normalized spacial score (nSPS) is 14.7. The van der Waals surface area contributed by atoms with E-state index < -0.39 is 5.97 Å². The molecule has 0 spiro atoms. The molecule has 0 saturated carbocycles. The number of hydrogen-bond acceptors (Lipinski definition) is 4. The standard InChI is InChI=1S/C20H12O4S/c21-19-15-6-1-2-7-17(15)25-18(19)11-14-8-9-16(24-14)12-4-3-5-13(10-12)20(22)23/h1-11H,(H,22,23)/b18-11-. The third-order valence-corrected chi connectivity index (χ3v) is 4.97. The second kappa shape index (κ2) is 6.11. The number of carboxylic acid groups (broad SMARTS) is 1. The minimum absolute atomic E-state index is 0.00794. The van der Waals surface area contributed by atoms with E-state index in [1.807, 2.05) is 24.3 Å². The lowest BCUT2D eigenvalue weighted by Gasteiger charge is -1.99. The summed E-state index contributed by atoms with van der Waals surface area (Å²) >= 11 is 1.42. The topological polar surface area (TPSA) is 67.5 Å². The minimum Gasteiger partial charge on any atom is -0.478 e. The van der Waals surface area contributed by atoms with Crippen molar-refractivity contribution in [3.63, 3.8) is 0 Å². The molecule has 0 fully saturated rings. The molecule has 4 nitrogen and oxygen atoms in total. The van der Waals surface area contributed by atoms with Gasteiger partial charge in [-0.3, -0.25) is 4.79 Å². The van der Waals surface area contributed by atoms with Gasteiger partial charge in [-0.2, -0.15) is 0 Å². The summed E-state index contributed by atoms with van der Waals surface area (Å²) in [4.78, 5) is 25.0. The van der Waals surface area contributed by atoms with Crippen molar-refractivity contribution in [3.8, 4) is 11.3 Å². The molecule has 0 bridgehead atoms. The van der Waals surface area contributed by atoms with Gasteiger partial charge in [0, 0.05) is 16.0 Å². The molecule has 5 heteroatoms. The molecule has 1 aromatic heterocycles. The Kier molecular flexibility index (Phi) is 3.78. The molecule has 4 rings (SSSR count). The Morgan fingerprint density at radius 2 is 1.88 bits per heavy atom. The number of Topliss-reactive ketones (excluding diaryl/α,β-unsaturated/α-hetero) is 1. The molecule has 0 unspecified atom stereocenters. The van der Waals surface area contributed by atoms with Gasteiger partial charge >= 0.3 is 5.97 Å². The van der Waals surface area contributed by atoms with Gasteiger partial charge in [-0.25, -0.2) is 4.79 Å². The van der Waals surface area contributed by atoms with Crippen LogP contribution in [0.25, 0.3) is 17.4 Å². The van der Waals surface area contributed by atoms with Gasteiger partial charge in [-0.15, -0.1) is 0 Å². The molecule has 122 valence electrons. The van der Waals surface area contributed by atoms with E-state index in [2.05, 4.69) is 0 Å². The summed E-state index contributed by atoms with van der Waals surface area (Å²) < 4.78 is 5.78. The van der Waals surface area contributed by atoms with E-state index in [4.69, 9.17) is 9.52 Å². The number of ketones is 1. The van der Waals surface area contributed by atoms with E-state index in [-0.39, 0.29) is 11.3 Å². The monoisotopic (exact) mass is 348 g/mol. The van der Waals surface area contributed by atoms with Gasteiger partial charge in [0.25, 0.3) is 0 Å². The van der Waals surface area contributed by atoms with Gasteiger partial charge in [0.05, 0.1) is 10.5 Å². The summed E-state index contributed by atoms with van der Waals surface area (Å²) in [5.41, 5.74) is 1.59. The number of benzene rings is 2. The largest absolute Gasteiger partial charge is 0.478 e. The molecule has 0 saturated heterocycles. The number of carbonyl (C=O) groups excluding carboxylic acids is 1. The van der Waals surface area contributed by atoms with Gasteiger partial charge < -0.3 is 9.52 Å². The second-order valence-corrected chi connectivity index (χ2v) is 6.61. The smallest absolute Gasteiger partial charge is 0.335 e. The Morgan fingerprint density at radius 1 is 1.04 bits per heavy atom. The molecule has 25 heavy (non-hydrogen) atoms. The first-order chi connectivity index (χ1) is 12.1. The van der Waals surface area contributed by atoms with Crippen molar-refractivity contribution in [1.82, 2.24) is 0 Å². The fraction of sp³-hybridized carbons (Fsp3) is 0. The zero-order valence-electron chi connectivity index (χ0n) is 12.9. The summed E-state index contributed by atoms with van der Waals surface area (Å²) in [7, 11) is 0. The fourth-order valence-electron chi connectivity index (χ4n) is 2.66. The predicted molar refractivity (Wildman–Crippen MR) is 95.7 cm³/mol. The number of carboxylic acids is 1. The van der Waals surface area contributed by atoms with E-state index in [1.165, 1.54) is 17.8 Å². The number of hydrogen-bond donors (Lipinski definition) is 1. The van der Waals surface area contributed by atoms with Crippen LogP contribution in [0.4, 0.5) is 0 Å². The molecule has 1 aliphatic heterocycles. The third kappa shape index (κ3) is 2.90. The average Bonchev–Trinajstić information content (AvgIpc) is 3.21. The second-order valence-electron chi connectivity index (χ2n) is 5.52. The fourth-order valence-corrected chi connectivity index (χ4v) is 3.69. The molecule has 2 heterocycles. The molecule has 1 aliphatic rings. The van der Waals surface area contributed by atoms with Crippen molar-refractivity contribution in [2.24, 2.45) is 0 Å². The van der Waals surface area contributed by atoms with Crippen molar-refractivity contribution in [1.29, 1.82) is 0 Å². The summed E-state index contributed by atoms with van der Waals surface area (Å²) in [6.45, 7) is 0. The Hall–Kier alpha value is -3.05. The zero-order valence-corrected chi connectivity index (χ0v) is 13.7. The maximum absolute atomic E-state index is 12.4. The summed E-state index contributed by atoms with van der Waals surface area (Å²) in [6.07, 6.45) is 1.72. The van der Waals surface area contributed by atoms with Crippen LogP contribution in [-0.2, 0) is 0 Å². The van der Waals surface area contributed by atoms with Crippen LogP contribution in [0.5, 0.6) is 0 Å². The van der Waals surface area contributed by atoms with E-state index in [0.29, 0.717) is 27.6 Å². The Balaban J connectivity index is 1.64. The molecular weight excluding hydrogens is 336 g/mol. The molecular formula is C20H12O4S. The molecule has 0 atom stereocenters. The Labute approximate surface area is 147 Å². The molecule has 3 aromatic rings. The van der Waals surface area contributed by atoms with Gasteiger partial charge in [-0.05, 0) is 42.5 Å². The van der Waals surface area contributed by atoms with Crippen LogP contribution >= 0.6 is 11.8 Å². The number of allylic oxidation sites excluding steroid dienone is 1. The zero-order chi connectivity index (χ0) is 17.4. The number of furan rings is 1. The lowest BCUT2D eigenvalue weighted by molar-refractivity contribution is 0.0696. The highest BCUT2D eigenvalue weighted by Gasteiger charge is 2.25. The van der Waals surface area contributed by atoms with E-state index in [0.717, 1.165) is 4.90 Å². The molecule has 0 radical (unpaired) electrons. The first-order valence-corrected chi connectivity index (χ1v) is 8.40. The predicted octanol–water partition coefficient (Wildman–Crippen LogP) is 4.97. The summed E-state index contributed by atoms with van der Waals surface area (Å²) in [5, 5.41) is 9.09. The van der Waals surface area contributed by atoms with E-state index in [9.17, 15) is 9.59 Å². The highest BCUT2D eigenvalue weighted by molar-refractivity contribution is 8.04. The Morgan fingerprint density at radius 3 is 2.68 bits per heavy atom. The highest BCUT2D eigenvalue weighted by atomic mass is 32.2. The van der Waals surface area contributed by atoms with E-state index in [1.54, 1.807) is 36.4 Å². The van der Waals surface area contributed by atoms with Crippen LogP contribution in [0.1, 0.15) is 26.5 Å². The maximum Gasteiger partial charge on any atom is 0.335 e. The molecule has 2 aromatic carbocycles. The van der Waals surface area contributed by atoms with Crippen molar-refractivity contribution in [2.45, 2.75) is 4.90 Å². The average molecular weight is 348 g/mol. The van der Waals surface area contributed by atoms with Gasteiger partial charge in [0.15, 0.2) is 0 Å². The number of thioether (sulfide) groups is 1. The van der Waals surface area contributed by atoms with Crippen LogP contribution in [0.15, 0.2) is 74.9 Å².